The molecule has 0 amide bonds. The molecule has 0 aliphatic heterocycles. The van der Waals surface area contributed by atoms with E-state index in [1.165, 1.54) is 6.07 Å². The summed E-state index contributed by atoms with van der Waals surface area (Å²) >= 11 is 12.3. The first-order valence-corrected chi connectivity index (χ1v) is 8.03. The van der Waals surface area contributed by atoms with Crippen LogP contribution in [0.5, 0.6) is 0 Å². The smallest absolute Gasteiger partial charge is 0.321 e. The third kappa shape index (κ3) is 3.83. The molecule has 0 aromatic carbocycles. The molecule has 1 aromatic heterocycles. The van der Waals surface area contributed by atoms with Gasteiger partial charge < -0.3 is 5.11 Å². The summed E-state index contributed by atoms with van der Waals surface area (Å²) in [5.41, 5.74) is 0. The number of halogens is 2. The van der Waals surface area contributed by atoms with Gasteiger partial charge in [-0.2, -0.15) is 4.72 Å². The lowest BCUT2D eigenvalue weighted by Crippen LogP contribution is -2.40. The van der Waals surface area contributed by atoms with Crippen molar-refractivity contribution in [3.63, 3.8) is 0 Å². The van der Waals surface area contributed by atoms with Gasteiger partial charge in [-0.05, 0) is 12.5 Å². The van der Waals surface area contributed by atoms with Crippen LogP contribution in [0.1, 0.15) is 19.8 Å². The molecule has 18 heavy (non-hydrogen) atoms. The Kier molecular flexibility index (Phi) is 5.42. The second-order valence-electron chi connectivity index (χ2n) is 3.49. The summed E-state index contributed by atoms with van der Waals surface area (Å²) in [6.45, 7) is 1.76. The predicted molar refractivity (Wildman–Crippen MR) is 71.0 cm³/mol. The Morgan fingerprint density at radius 2 is 2.17 bits per heavy atom. The van der Waals surface area contributed by atoms with E-state index in [1.807, 2.05) is 0 Å². The maximum atomic E-state index is 11.9. The normalized spacial score (nSPS) is 13.5. The molecule has 0 saturated carbocycles. The first kappa shape index (κ1) is 15.7. The fourth-order valence-corrected chi connectivity index (χ4v) is 4.65. The van der Waals surface area contributed by atoms with Crippen LogP contribution in [0, 0.1) is 0 Å². The highest BCUT2D eigenvalue weighted by Crippen LogP contribution is 2.34. The minimum atomic E-state index is -3.97. The van der Waals surface area contributed by atoms with Gasteiger partial charge in [-0.15, -0.1) is 11.3 Å². The Bertz CT molecular complexity index is 541. The molecule has 0 radical (unpaired) electrons. The molecule has 1 atom stereocenters. The number of rotatable bonds is 6. The van der Waals surface area contributed by atoms with Crippen LogP contribution in [-0.4, -0.2) is 25.5 Å². The zero-order valence-electron chi connectivity index (χ0n) is 9.31. The van der Waals surface area contributed by atoms with E-state index in [4.69, 9.17) is 28.3 Å². The van der Waals surface area contributed by atoms with Crippen LogP contribution in [0.25, 0.3) is 0 Å². The minimum absolute atomic E-state index is 0.00753. The number of nitrogens with one attached hydrogen (secondary N) is 1. The van der Waals surface area contributed by atoms with Gasteiger partial charge in [-0.3, -0.25) is 4.79 Å². The average Bonchev–Trinajstić information content (AvgIpc) is 2.57. The molecule has 5 nitrogen and oxygen atoms in total. The van der Waals surface area contributed by atoms with E-state index in [1.54, 1.807) is 6.92 Å². The number of carboxylic acids is 1. The third-order valence-electron chi connectivity index (χ3n) is 2.09. The second-order valence-corrected chi connectivity index (χ2v) is 7.46. The summed E-state index contributed by atoms with van der Waals surface area (Å²) in [6.07, 6.45) is 0.738. The minimum Gasteiger partial charge on any atom is -0.480 e. The van der Waals surface area contributed by atoms with Gasteiger partial charge >= 0.3 is 5.97 Å². The van der Waals surface area contributed by atoms with E-state index in [0.717, 1.165) is 11.3 Å². The van der Waals surface area contributed by atoms with Crippen molar-refractivity contribution in [1.29, 1.82) is 0 Å². The van der Waals surface area contributed by atoms with Crippen molar-refractivity contribution in [3.05, 3.63) is 14.7 Å². The molecular formula is C9H11Cl2NO4S2. The van der Waals surface area contributed by atoms with Gasteiger partial charge in [0.05, 0.1) is 4.34 Å². The molecule has 0 aliphatic rings. The number of hydrogen-bond donors (Lipinski definition) is 2. The Balaban J connectivity index is 3.00. The molecule has 9 heteroatoms. The van der Waals surface area contributed by atoms with E-state index in [-0.39, 0.29) is 20.0 Å². The molecule has 0 aliphatic carbocycles. The van der Waals surface area contributed by atoms with Crippen molar-refractivity contribution >= 4 is 50.5 Å². The lowest BCUT2D eigenvalue weighted by atomic mass is 10.2. The number of carbonyl (C=O) groups is 1. The molecule has 0 spiro atoms. The summed E-state index contributed by atoms with van der Waals surface area (Å²) in [7, 11) is -3.97. The fourth-order valence-electron chi connectivity index (χ4n) is 1.28. The van der Waals surface area contributed by atoms with E-state index >= 15 is 0 Å². The molecule has 1 rings (SSSR count). The van der Waals surface area contributed by atoms with Gasteiger partial charge in [0.2, 0.25) is 10.0 Å². The van der Waals surface area contributed by atoms with E-state index in [9.17, 15) is 13.2 Å². The van der Waals surface area contributed by atoms with Crippen molar-refractivity contribution in [3.8, 4) is 0 Å². The first-order valence-electron chi connectivity index (χ1n) is 4.98. The highest BCUT2D eigenvalue weighted by atomic mass is 35.5. The Hall–Kier alpha value is -0.340. The first-order chi connectivity index (χ1) is 8.27. The van der Waals surface area contributed by atoms with Crippen molar-refractivity contribution in [2.45, 2.75) is 30.7 Å². The van der Waals surface area contributed by atoms with Crippen LogP contribution in [-0.2, 0) is 14.8 Å². The van der Waals surface area contributed by atoms with Crippen molar-refractivity contribution < 1.29 is 18.3 Å². The quantitative estimate of drug-likeness (QED) is 0.839. The van der Waals surface area contributed by atoms with Gasteiger partial charge in [-0.1, -0.05) is 36.5 Å². The highest BCUT2D eigenvalue weighted by molar-refractivity contribution is 7.89. The van der Waals surface area contributed by atoms with E-state index < -0.39 is 22.0 Å². The summed E-state index contributed by atoms with van der Waals surface area (Å²) < 4.78 is 26.2. The predicted octanol–water partition coefficient (Wildman–Crippen LogP) is 2.59. The number of sulfonamides is 1. The maximum absolute atomic E-state index is 11.9. The maximum Gasteiger partial charge on any atom is 0.321 e. The number of thiophene rings is 1. The van der Waals surface area contributed by atoms with Crippen molar-refractivity contribution in [2.75, 3.05) is 0 Å². The van der Waals surface area contributed by atoms with Crippen LogP contribution < -0.4 is 4.72 Å². The molecule has 0 unspecified atom stereocenters. The second kappa shape index (κ2) is 6.21. The Morgan fingerprint density at radius 3 is 2.56 bits per heavy atom. The molecule has 1 aromatic rings. The van der Waals surface area contributed by atoms with Crippen LogP contribution in [0.3, 0.4) is 0 Å². The number of aliphatic carboxylic acids is 1. The summed E-state index contributed by atoms with van der Waals surface area (Å²) in [5, 5.41) is 8.91. The highest BCUT2D eigenvalue weighted by Gasteiger charge is 2.27. The van der Waals surface area contributed by atoms with Crippen LogP contribution in [0.4, 0.5) is 0 Å². The zero-order valence-corrected chi connectivity index (χ0v) is 12.5. The summed E-state index contributed by atoms with van der Waals surface area (Å²) in [4.78, 5) is 10.7. The van der Waals surface area contributed by atoms with Crippen LogP contribution >= 0.6 is 34.5 Å². The largest absolute Gasteiger partial charge is 0.480 e. The molecule has 102 valence electrons. The monoisotopic (exact) mass is 331 g/mol. The summed E-state index contributed by atoms with van der Waals surface area (Å²) in [6, 6.07) is 0.0246. The van der Waals surface area contributed by atoms with Crippen molar-refractivity contribution in [2.24, 2.45) is 0 Å². The molecule has 0 fully saturated rings. The van der Waals surface area contributed by atoms with Gasteiger partial charge in [0.15, 0.2) is 0 Å². The fraction of sp³-hybridized carbons (Fsp3) is 0.444. The molecule has 2 N–H and O–H groups in total. The molecule has 0 bridgehead atoms. The van der Waals surface area contributed by atoms with Gasteiger partial charge in [0, 0.05) is 0 Å². The van der Waals surface area contributed by atoms with Crippen LogP contribution in [0.2, 0.25) is 8.67 Å². The topological polar surface area (TPSA) is 83.5 Å². The van der Waals surface area contributed by atoms with Crippen LogP contribution in [0.15, 0.2) is 11.0 Å². The lowest BCUT2D eigenvalue weighted by molar-refractivity contribution is -0.139. The third-order valence-corrected chi connectivity index (χ3v) is 5.31. The number of hydrogen-bond acceptors (Lipinski definition) is 4. The summed E-state index contributed by atoms with van der Waals surface area (Å²) in [5.74, 6) is -1.22. The van der Waals surface area contributed by atoms with E-state index in [2.05, 4.69) is 4.72 Å². The van der Waals surface area contributed by atoms with Gasteiger partial charge in [-0.25, -0.2) is 8.42 Å². The zero-order chi connectivity index (χ0) is 13.9. The Morgan fingerprint density at radius 1 is 1.56 bits per heavy atom. The molecule has 1 heterocycles. The van der Waals surface area contributed by atoms with E-state index in [0.29, 0.717) is 6.42 Å². The van der Waals surface area contributed by atoms with Gasteiger partial charge in [0.1, 0.15) is 15.3 Å². The van der Waals surface area contributed by atoms with Gasteiger partial charge in [0.25, 0.3) is 0 Å². The standard InChI is InChI=1S/C9H11Cl2NO4S2/c1-2-3-5(9(13)14)12-18(15,16)6-4-7(10)17-8(6)11/h4-5,12H,2-3H2,1H3,(H,13,14)/t5-/m0/s1. The molecule has 0 saturated heterocycles. The number of carboxylic acid groups (broad SMARTS) is 1. The van der Waals surface area contributed by atoms with Crippen molar-refractivity contribution in [1.82, 2.24) is 4.72 Å². The molecular weight excluding hydrogens is 321 g/mol. The SMILES string of the molecule is CCC[C@H](NS(=O)(=O)c1cc(Cl)sc1Cl)C(=O)O. The average molecular weight is 332 g/mol. The Labute approximate surface area is 119 Å². The lowest BCUT2D eigenvalue weighted by Gasteiger charge is -2.13.